The van der Waals surface area contributed by atoms with Crippen molar-refractivity contribution in [1.82, 2.24) is 15.2 Å². The molecule has 108 valence electrons. The summed E-state index contributed by atoms with van der Waals surface area (Å²) >= 11 is 0. The van der Waals surface area contributed by atoms with Gasteiger partial charge in [-0.3, -0.25) is 4.90 Å². The molecular weight excluding hydrogens is 252 g/mol. The van der Waals surface area contributed by atoms with E-state index >= 15 is 0 Å². The van der Waals surface area contributed by atoms with Crippen LogP contribution >= 0.6 is 0 Å². The lowest BCUT2D eigenvalue weighted by Crippen LogP contribution is -2.38. The van der Waals surface area contributed by atoms with E-state index in [1.54, 1.807) is 13.3 Å². The maximum absolute atomic E-state index is 8.91. The Balaban J connectivity index is 1.96. The monoisotopic (exact) mass is 274 g/mol. The first-order valence-corrected chi connectivity index (χ1v) is 7.11. The molecule has 0 aromatic carbocycles. The van der Waals surface area contributed by atoms with Crippen molar-refractivity contribution in [3.63, 3.8) is 0 Å². The molecule has 1 saturated heterocycles. The molecule has 0 aliphatic carbocycles. The zero-order valence-electron chi connectivity index (χ0n) is 12.0. The number of methoxy groups -OCH3 is 1. The molecule has 0 spiro atoms. The van der Waals surface area contributed by atoms with Gasteiger partial charge >= 0.3 is 0 Å². The van der Waals surface area contributed by atoms with E-state index in [-0.39, 0.29) is 0 Å². The molecule has 1 aliphatic heterocycles. The molecule has 5 nitrogen and oxygen atoms in total. The molecule has 5 heteroatoms. The number of hydrogen-bond acceptors (Lipinski definition) is 5. The van der Waals surface area contributed by atoms with E-state index in [2.05, 4.69) is 21.3 Å². The molecule has 2 rings (SSSR count). The van der Waals surface area contributed by atoms with Gasteiger partial charge in [0.15, 0.2) is 0 Å². The van der Waals surface area contributed by atoms with Crippen LogP contribution in [0.5, 0.6) is 0 Å². The fourth-order valence-electron chi connectivity index (χ4n) is 2.57. The molecule has 0 saturated carbocycles. The molecule has 0 bridgehead atoms. The smallest absolute Gasteiger partial charge is 0.140 e. The molecular formula is C15H22N4O. The Morgan fingerprint density at radius 2 is 2.50 bits per heavy atom. The van der Waals surface area contributed by atoms with Crippen molar-refractivity contribution in [1.29, 1.82) is 5.26 Å². The average Bonchev–Trinajstić information content (AvgIpc) is 2.98. The number of pyridine rings is 1. The normalized spacial score (nSPS) is 18.4. The van der Waals surface area contributed by atoms with Gasteiger partial charge in [-0.15, -0.1) is 0 Å². The Labute approximate surface area is 120 Å². The molecule has 1 aliphatic rings. The average molecular weight is 274 g/mol. The predicted molar refractivity (Wildman–Crippen MR) is 77.1 cm³/mol. The Bertz CT molecular complexity index is 451. The third-order valence-corrected chi connectivity index (χ3v) is 3.60. The Morgan fingerprint density at radius 3 is 3.20 bits per heavy atom. The summed E-state index contributed by atoms with van der Waals surface area (Å²) in [4.78, 5) is 6.39. The standard InChI is InChI=1S/C15H22N4O/c1-20-8-7-19(12-14-3-2-5-17-14)11-13-4-6-18-15(9-13)10-16/h4,6,9,14,17H,2-3,5,7-8,11-12H2,1H3. The second-order valence-corrected chi connectivity index (χ2v) is 5.18. The first kappa shape index (κ1) is 14.9. The van der Waals surface area contributed by atoms with Crippen molar-refractivity contribution in [3.8, 4) is 6.07 Å². The fraction of sp³-hybridized carbons (Fsp3) is 0.600. The Kier molecular flexibility index (Phi) is 5.93. The van der Waals surface area contributed by atoms with Crippen molar-refractivity contribution in [2.24, 2.45) is 0 Å². The first-order chi connectivity index (χ1) is 9.81. The molecule has 1 unspecified atom stereocenters. The van der Waals surface area contributed by atoms with E-state index in [1.807, 2.05) is 12.1 Å². The van der Waals surface area contributed by atoms with Crippen LogP contribution in [0.15, 0.2) is 18.3 Å². The van der Waals surface area contributed by atoms with Gasteiger partial charge in [0.05, 0.1) is 6.61 Å². The number of nitriles is 1. The molecule has 1 aromatic heterocycles. The minimum absolute atomic E-state index is 0.480. The van der Waals surface area contributed by atoms with E-state index < -0.39 is 0 Å². The number of nitrogens with zero attached hydrogens (tertiary/aromatic N) is 3. The van der Waals surface area contributed by atoms with Crippen LogP contribution in [-0.4, -0.2) is 49.3 Å². The summed E-state index contributed by atoms with van der Waals surface area (Å²) < 4.78 is 5.19. The van der Waals surface area contributed by atoms with Crippen LogP contribution in [0.1, 0.15) is 24.1 Å². The van der Waals surface area contributed by atoms with Gasteiger partial charge in [-0.1, -0.05) is 0 Å². The lowest BCUT2D eigenvalue weighted by Gasteiger charge is -2.25. The lowest BCUT2D eigenvalue weighted by atomic mass is 10.2. The third-order valence-electron chi connectivity index (χ3n) is 3.60. The summed E-state index contributed by atoms with van der Waals surface area (Å²) in [5, 5.41) is 12.4. The predicted octanol–water partition coefficient (Wildman–Crippen LogP) is 1.15. The molecule has 1 atom stereocenters. The maximum Gasteiger partial charge on any atom is 0.140 e. The van der Waals surface area contributed by atoms with E-state index in [9.17, 15) is 0 Å². The maximum atomic E-state index is 8.91. The number of rotatable bonds is 7. The van der Waals surface area contributed by atoms with Gasteiger partial charge in [0.1, 0.15) is 11.8 Å². The van der Waals surface area contributed by atoms with Crippen LogP contribution in [-0.2, 0) is 11.3 Å². The van der Waals surface area contributed by atoms with Gasteiger partial charge in [0.25, 0.3) is 0 Å². The molecule has 2 heterocycles. The van der Waals surface area contributed by atoms with E-state index in [4.69, 9.17) is 10.00 Å². The Morgan fingerprint density at radius 1 is 1.60 bits per heavy atom. The van der Waals surface area contributed by atoms with E-state index in [0.29, 0.717) is 11.7 Å². The van der Waals surface area contributed by atoms with Crippen molar-refractivity contribution in [3.05, 3.63) is 29.6 Å². The molecule has 1 fully saturated rings. The van der Waals surface area contributed by atoms with E-state index in [1.165, 1.54) is 12.8 Å². The van der Waals surface area contributed by atoms with Crippen LogP contribution in [0, 0.1) is 11.3 Å². The summed E-state index contributed by atoms with van der Waals surface area (Å²) in [5.41, 5.74) is 1.61. The Hall–Kier alpha value is -1.48. The van der Waals surface area contributed by atoms with Crippen molar-refractivity contribution < 1.29 is 4.74 Å². The van der Waals surface area contributed by atoms with Crippen LogP contribution < -0.4 is 5.32 Å². The highest BCUT2D eigenvalue weighted by molar-refractivity contribution is 5.25. The van der Waals surface area contributed by atoms with Crippen LogP contribution in [0.4, 0.5) is 0 Å². The van der Waals surface area contributed by atoms with Crippen LogP contribution in [0.2, 0.25) is 0 Å². The first-order valence-electron chi connectivity index (χ1n) is 7.11. The summed E-state index contributed by atoms with van der Waals surface area (Å²) in [6, 6.07) is 6.50. The second-order valence-electron chi connectivity index (χ2n) is 5.18. The quantitative estimate of drug-likeness (QED) is 0.808. The van der Waals surface area contributed by atoms with Gasteiger partial charge in [-0.05, 0) is 37.1 Å². The van der Waals surface area contributed by atoms with Gasteiger partial charge in [-0.2, -0.15) is 5.26 Å². The molecule has 1 N–H and O–H groups in total. The summed E-state index contributed by atoms with van der Waals surface area (Å²) in [5.74, 6) is 0. The van der Waals surface area contributed by atoms with Crippen molar-refractivity contribution >= 4 is 0 Å². The third kappa shape index (κ3) is 4.57. The molecule has 0 amide bonds. The largest absolute Gasteiger partial charge is 0.383 e. The zero-order chi connectivity index (χ0) is 14.2. The minimum atomic E-state index is 0.480. The molecule has 1 aromatic rings. The number of hydrogen-bond donors (Lipinski definition) is 1. The van der Waals surface area contributed by atoms with E-state index in [0.717, 1.165) is 38.3 Å². The topological polar surface area (TPSA) is 61.2 Å². The lowest BCUT2D eigenvalue weighted by molar-refractivity contribution is 0.138. The van der Waals surface area contributed by atoms with Crippen LogP contribution in [0.3, 0.4) is 0 Å². The van der Waals surface area contributed by atoms with Crippen molar-refractivity contribution in [2.75, 3.05) is 33.4 Å². The highest BCUT2D eigenvalue weighted by atomic mass is 16.5. The fourth-order valence-corrected chi connectivity index (χ4v) is 2.57. The van der Waals surface area contributed by atoms with Gasteiger partial charge in [-0.25, -0.2) is 4.98 Å². The van der Waals surface area contributed by atoms with Crippen LogP contribution in [0.25, 0.3) is 0 Å². The van der Waals surface area contributed by atoms with Gasteiger partial charge in [0, 0.05) is 39.0 Å². The summed E-state index contributed by atoms with van der Waals surface area (Å²) in [7, 11) is 1.73. The number of ether oxygens (including phenoxy) is 1. The van der Waals surface area contributed by atoms with Gasteiger partial charge < -0.3 is 10.1 Å². The summed E-state index contributed by atoms with van der Waals surface area (Å²) in [6.45, 7) is 4.60. The summed E-state index contributed by atoms with van der Waals surface area (Å²) in [6.07, 6.45) is 4.20. The highest BCUT2D eigenvalue weighted by Gasteiger charge is 2.18. The number of nitrogens with one attached hydrogen (secondary N) is 1. The van der Waals surface area contributed by atoms with Gasteiger partial charge in [0.2, 0.25) is 0 Å². The van der Waals surface area contributed by atoms with Crippen molar-refractivity contribution in [2.45, 2.75) is 25.4 Å². The molecule has 20 heavy (non-hydrogen) atoms. The minimum Gasteiger partial charge on any atom is -0.383 e. The number of aromatic nitrogens is 1. The zero-order valence-corrected chi connectivity index (χ0v) is 12.0. The molecule has 0 radical (unpaired) electrons. The second kappa shape index (κ2) is 7.95. The SMILES string of the molecule is COCCN(Cc1ccnc(C#N)c1)CC1CCCN1. The highest BCUT2D eigenvalue weighted by Crippen LogP contribution is 2.11.